The Morgan fingerprint density at radius 3 is 2.85 bits per heavy atom. The van der Waals surface area contributed by atoms with E-state index in [4.69, 9.17) is 14.2 Å². The van der Waals surface area contributed by atoms with Gasteiger partial charge in [0, 0.05) is 24.3 Å². The highest BCUT2D eigenvalue weighted by Gasteiger charge is 2.44. The molecule has 3 N–H and O–H groups in total. The number of nitrogens with zero attached hydrogens (tertiary/aromatic N) is 1. The fraction of sp³-hybridized carbons (Fsp3) is 0.667. The molecule has 3 aliphatic heterocycles. The number of carbonyl (C=O) groups is 2. The summed E-state index contributed by atoms with van der Waals surface area (Å²) in [6.07, 6.45) is -0.748. The van der Waals surface area contributed by atoms with E-state index in [0.29, 0.717) is 32.1 Å². The van der Waals surface area contributed by atoms with Crippen molar-refractivity contribution in [2.75, 3.05) is 31.6 Å². The predicted octanol–water partition coefficient (Wildman–Crippen LogP) is 2.26. The molecule has 0 saturated carbocycles. The first-order valence-corrected chi connectivity index (χ1v) is 11.9. The number of rotatable bonds is 9. The molecule has 2 amide bonds. The summed E-state index contributed by atoms with van der Waals surface area (Å²) in [5.41, 5.74) is 1.71. The van der Waals surface area contributed by atoms with E-state index in [1.807, 2.05) is 36.1 Å². The molecule has 2 saturated heterocycles. The molecule has 9 heteroatoms. The minimum Gasteiger partial charge on any atom is -0.443 e. The molecule has 0 bridgehead atoms. The van der Waals surface area contributed by atoms with Gasteiger partial charge >= 0.3 is 6.09 Å². The largest absolute Gasteiger partial charge is 0.443 e. The van der Waals surface area contributed by atoms with Crippen LogP contribution < -0.4 is 10.6 Å². The molecule has 0 spiro atoms. The SMILES string of the molecule is CC[C@H](NC(=O)O[C@H]1CO[C@H]2OCCC21)[C@H](O)CN(CC(C)C)C1C(=O)Nc2ccccc21. The number of hydrogen-bond donors (Lipinski definition) is 3. The number of amides is 2. The lowest BCUT2D eigenvalue weighted by atomic mass is 10.0. The molecular weight excluding hydrogens is 426 g/mol. The number of alkyl carbamates (subject to hydrolysis) is 1. The maximum Gasteiger partial charge on any atom is 0.407 e. The van der Waals surface area contributed by atoms with Crippen LogP contribution in [0.3, 0.4) is 0 Å². The van der Waals surface area contributed by atoms with Gasteiger partial charge in [-0.05, 0) is 24.8 Å². The minimum absolute atomic E-state index is 0.0585. The average Bonchev–Trinajstić information content (AvgIpc) is 3.46. The Bertz CT molecular complexity index is 849. The lowest BCUT2D eigenvalue weighted by molar-refractivity contribution is -0.121. The topological polar surface area (TPSA) is 109 Å². The minimum atomic E-state index is -0.871. The van der Waals surface area contributed by atoms with Crippen LogP contribution >= 0.6 is 0 Å². The second-order valence-electron chi connectivity index (χ2n) is 9.52. The van der Waals surface area contributed by atoms with Crippen molar-refractivity contribution in [3.63, 3.8) is 0 Å². The molecular formula is C24H35N3O6. The zero-order chi connectivity index (χ0) is 23.5. The summed E-state index contributed by atoms with van der Waals surface area (Å²) < 4.78 is 16.6. The molecule has 2 fully saturated rings. The van der Waals surface area contributed by atoms with E-state index < -0.39 is 24.3 Å². The molecule has 3 aliphatic rings. The van der Waals surface area contributed by atoms with Gasteiger partial charge in [-0.3, -0.25) is 9.69 Å². The van der Waals surface area contributed by atoms with Crippen molar-refractivity contribution in [3.8, 4) is 0 Å². The average molecular weight is 462 g/mol. The summed E-state index contributed by atoms with van der Waals surface area (Å²) >= 11 is 0. The molecule has 3 heterocycles. The zero-order valence-electron chi connectivity index (χ0n) is 19.5. The van der Waals surface area contributed by atoms with E-state index >= 15 is 0 Å². The lowest BCUT2D eigenvalue weighted by Crippen LogP contribution is -2.50. The number of aliphatic hydroxyl groups excluding tert-OH is 1. The van der Waals surface area contributed by atoms with E-state index in [1.165, 1.54) is 0 Å². The summed E-state index contributed by atoms with van der Waals surface area (Å²) in [7, 11) is 0. The quantitative estimate of drug-likeness (QED) is 0.518. The van der Waals surface area contributed by atoms with Gasteiger partial charge in [-0.2, -0.15) is 0 Å². The van der Waals surface area contributed by atoms with Crippen LogP contribution in [-0.4, -0.2) is 72.8 Å². The summed E-state index contributed by atoms with van der Waals surface area (Å²) in [5.74, 6) is 0.252. The van der Waals surface area contributed by atoms with Crippen LogP contribution in [0.15, 0.2) is 24.3 Å². The molecule has 1 aromatic carbocycles. The van der Waals surface area contributed by atoms with Gasteiger partial charge in [0.1, 0.15) is 12.1 Å². The normalized spacial score (nSPS) is 27.9. The van der Waals surface area contributed by atoms with Crippen molar-refractivity contribution in [2.24, 2.45) is 11.8 Å². The molecule has 182 valence electrons. The Hall–Kier alpha value is -2.20. The number of fused-ring (bicyclic) bond motifs is 2. The van der Waals surface area contributed by atoms with Crippen molar-refractivity contribution in [1.82, 2.24) is 10.2 Å². The number of benzene rings is 1. The van der Waals surface area contributed by atoms with Crippen molar-refractivity contribution in [3.05, 3.63) is 29.8 Å². The number of anilines is 1. The van der Waals surface area contributed by atoms with Crippen molar-refractivity contribution >= 4 is 17.7 Å². The smallest absolute Gasteiger partial charge is 0.407 e. The van der Waals surface area contributed by atoms with Crippen LogP contribution in [0.4, 0.5) is 10.5 Å². The fourth-order valence-electron chi connectivity index (χ4n) is 5.02. The number of ether oxygens (including phenoxy) is 3. The predicted molar refractivity (Wildman–Crippen MR) is 122 cm³/mol. The molecule has 9 nitrogen and oxygen atoms in total. The Kier molecular flexibility index (Phi) is 7.53. The Morgan fingerprint density at radius 1 is 1.30 bits per heavy atom. The maximum atomic E-state index is 12.8. The van der Waals surface area contributed by atoms with Crippen molar-refractivity contribution in [2.45, 2.75) is 64.2 Å². The highest BCUT2D eigenvalue weighted by molar-refractivity contribution is 6.02. The number of nitrogens with one attached hydrogen (secondary N) is 2. The highest BCUT2D eigenvalue weighted by atomic mass is 16.7. The van der Waals surface area contributed by atoms with Gasteiger partial charge in [0.15, 0.2) is 6.29 Å². The molecule has 6 atom stereocenters. The third kappa shape index (κ3) is 5.32. The molecule has 1 aromatic rings. The van der Waals surface area contributed by atoms with Gasteiger partial charge in [0.2, 0.25) is 5.91 Å². The summed E-state index contributed by atoms with van der Waals surface area (Å²) in [6, 6.07) is 6.64. The maximum absolute atomic E-state index is 12.8. The fourth-order valence-corrected chi connectivity index (χ4v) is 5.02. The molecule has 2 unspecified atom stereocenters. The third-order valence-corrected chi connectivity index (χ3v) is 6.60. The van der Waals surface area contributed by atoms with Gasteiger partial charge in [-0.25, -0.2) is 4.79 Å². The highest BCUT2D eigenvalue weighted by Crippen LogP contribution is 2.35. The first kappa shape index (κ1) is 23.9. The van der Waals surface area contributed by atoms with Crippen molar-refractivity contribution in [1.29, 1.82) is 0 Å². The van der Waals surface area contributed by atoms with Gasteiger partial charge < -0.3 is 30.0 Å². The molecule has 33 heavy (non-hydrogen) atoms. The van der Waals surface area contributed by atoms with E-state index in [0.717, 1.165) is 17.7 Å². The summed E-state index contributed by atoms with van der Waals surface area (Å²) in [6.45, 7) is 7.86. The van der Waals surface area contributed by atoms with E-state index in [1.54, 1.807) is 0 Å². The Morgan fingerprint density at radius 2 is 2.09 bits per heavy atom. The van der Waals surface area contributed by atoms with Crippen LogP contribution in [0.2, 0.25) is 0 Å². The number of para-hydroxylation sites is 1. The van der Waals surface area contributed by atoms with Gasteiger partial charge in [-0.1, -0.05) is 39.0 Å². The molecule has 0 aliphatic carbocycles. The van der Waals surface area contributed by atoms with Gasteiger partial charge in [-0.15, -0.1) is 0 Å². The second-order valence-corrected chi connectivity index (χ2v) is 9.52. The van der Waals surface area contributed by atoms with Crippen LogP contribution in [0.1, 0.15) is 45.2 Å². The van der Waals surface area contributed by atoms with Crippen LogP contribution in [-0.2, 0) is 19.0 Å². The number of hydrogen-bond acceptors (Lipinski definition) is 7. The standard InChI is InChI=1S/C24H35N3O6/c1-4-17(26-24(30)33-20-13-32-23-16(20)9-10-31-23)19(28)12-27(11-14(2)3)21-15-7-5-6-8-18(15)25-22(21)29/h5-8,14,16-17,19-21,23,28H,4,9-13H2,1-3H3,(H,25,29)(H,26,30)/t16?,17-,19+,20-,21?,23+/m0/s1. The number of carbonyl (C=O) groups excluding carboxylic acids is 2. The first-order chi connectivity index (χ1) is 15.9. The van der Waals surface area contributed by atoms with Gasteiger partial charge in [0.25, 0.3) is 0 Å². The van der Waals surface area contributed by atoms with E-state index in [-0.39, 0.29) is 30.8 Å². The van der Waals surface area contributed by atoms with Crippen molar-refractivity contribution < 1.29 is 28.9 Å². The van der Waals surface area contributed by atoms with Crippen LogP contribution in [0.5, 0.6) is 0 Å². The summed E-state index contributed by atoms with van der Waals surface area (Å²) in [4.78, 5) is 27.4. The Balaban J connectivity index is 1.39. The Labute approximate surface area is 194 Å². The van der Waals surface area contributed by atoms with Crippen LogP contribution in [0, 0.1) is 11.8 Å². The number of aliphatic hydroxyl groups is 1. The third-order valence-electron chi connectivity index (χ3n) is 6.60. The lowest BCUT2D eigenvalue weighted by Gasteiger charge is -2.33. The van der Waals surface area contributed by atoms with Crippen LogP contribution in [0.25, 0.3) is 0 Å². The zero-order valence-corrected chi connectivity index (χ0v) is 19.5. The van der Waals surface area contributed by atoms with Gasteiger partial charge in [0.05, 0.1) is 31.3 Å². The molecule has 4 rings (SSSR count). The first-order valence-electron chi connectivity index (χ1n) is 11.9. The van der Waals surface area contributed by atoms with E-state index in [2.05, 4.69) is 24.5 Å². The summed E-state index contributed by atoms with van der Waals surface area (Å²) in [5, 5.41) is 16.8. The van der Waals surface area contributed by atoms with E-state index in [9.17, 15) is 14.7 Å². The monoisotopic (exact) mass is 461 g/mol. The second kappa shape index (κ2) is 10.4. The molecule has 0 aromatic heterocycles. The molecule has 0 radical (unpaired) electrons.